The van der Waals surface area contributed by atoms with Crippen molar-refractivity contribution < 1.29 is 14.7 Å². The molecule has 1 rings (SSSR count). The molecule has 0 spiro atoms. The molecule has 0 aromatic carbocycles. The van der Waals surface area contributed by atoms with Gasteiger partial charge in [-0.3, -0.25) is 4.79 Å². The van der Waals surface area contributed by atoms with Crippen molar-refractivity contribution in [3.63, 3.8) is 0 Å². The van der Waals surface area contributed by atoms with Gasteiger partial charge in [-0.15, -0.1) is 0 Å². The van der Waals surface area contributed by atoms with E-state index in [9.17, 15) is 14.7 Å². The Morgan fingerprint density at radius 1 is 1.36 bits per heavy atom. The van der Waals surface area contributed by atoms with Gasteiger partial charge in [-0.25, -0.2) is 0 Å². The summed E-state index contributed by atoms with van der Waals surface area (Å²) in [4.78, 5) is 20.5. The van der Waals surface area contributed by atoms with Gasteiger partial charge in [0.2, 0.25) is 5.91 Å². The van der Waals surface area contributed by atoms with Crippen molar-refractivity contribution in [1.29, 1.82) is 0 Å². The maximum Gasteiger partial charge on any atom is 0.244 e. The van der Waals surface area contributed by atoms with Crippen LogP contribution in [0.3, 0.4) is 0 Å². The Bertz CT molecular complexity index is 206. The van der Waals surface area contributed by atoms with Gasteiger partial charge < -0.3 is 15.2 Å². The van der Waals surface area contributed by atoms with Gasteiger partial charge in [0.1, 0.15) is 0 Å². The second-order valence-corrected chi connectivity index (χ2v) is 2.44. The number of hydrogen-bond acceptors (Lipinski definition) is 3. The number of rotatable bonds is 3. The zero-order chi connectivity index (χ0) is 8.27. The first-order chi connectivity index (χ1) is 5.18. The standard InChI is InChI=1S/C7H9NO3/c9-6(3-4-7(10)11)8-5-1-2-5/h3-5H,1-2H2,(H,8,9)(H,10,11)/p-1/b4-3+. The molecule has 1 aliphatic rings. The summed E-state index contributed by atoms with van der Waals surface area (Å²) in [6.45, 7) is 0. The molecule has 0 radical (unpaired) electrons. The van der Waals surface area contributed by atoms with E-state index in [-0.39, 0.29) is 11.9 Å². The van der Waals surface area contributed by atoms with Crippen molar-refractivity contribution in [1.82, 2.24) is 5.32 Å². The number of carboxylic acid groups (broad SMARTS) is 1. The van der Waals surface area contributed by atoms with Crippen LogP contribution in [-0.4, -0.2) is 17.9 Å². The van der Waals surface area contributed by atoms with E-state index in [0.717, 1.165) is 25.0 Å². The van der Waals surface area contributed by atoms with Gasteiger partial charge in [0.05, 0.1) is 5.97 Å². The Morgan fingerprint density at radius 3 is 2.45 bits per heavy atom. The molecular weight excluding hydrogens is 146 g/mol. The largest absolute Gasteiger partial charge is 0.545 e. The van der Waals surface area contributed by atoms with Gasteiger partial charge in [-0.1, -0.05) is 0 Å². The average Bonchev–Trinajstić information content (AvgIpc) is 2.67. The van der Waals surface area contributed by atoms with Crippen molar-refractivity contribution >= 4 is 11.9 Å². The van der Waals surface area contributed by atoms with Crippen LogP contribution >= 0.6 is 0 Å². The highest BCUT2D eigenvalue weighted by atomic mass is 16.4. The summed E-state index contributed by atoms with van der Waals surface area (Å²) in [5, 5.41) is 12.4. The van der Waals surface area contributed by atoms with Crippen molar-refractivity contribution in [2.24, 2.45) is 0 Å². The molecule has 1 saturated carbocycles. The third-order valence-electron chi connectivity index (χ3n) is 1.29. The van der Waals surface area contributed by atoms with Gasteiger partial charge in [0.15, 0.2) is 0 Å². The molecule has 4 heteroatoms. The number of carbonyl (C=O) groups is 2. The van der Waals surface area contributed by atoms with Gasteiger partial charge in [-0.2, -0.15) is 0 Å². The van der Waals surface area contributed by atoms with Crippen LogP contribution in [0.2, 0.25) is 0 Å². The second kappa shape index (κ2) is 3.18. The van der Waals surface area contributed by atoms with E-state index < -0.39 is 5.97 Å². The molecular formula is C7H8NO3-. The first kappa shape index (κ1) is 7.78. The van der Waals surface area contributed by atoms with Crippen molar-refractivity contribution in [2.45, 2.75) is 18.9 Å². The fourth-order valence-corrected chi connectivity index (χ4v) is 0.621. The molecule has 0 unspecified atom stereocenters. The van der Waals surface area contributed by atoms with Gasteiger partial charge in [0.25, 0.3) is 0 Å². The minimum absolute atomic E-state index is 0.258. The van der Waals surface area contributed by atoms with Crippen LogP contribution in [0.25, 0.3) is 0 Å². The maximum atomic E-state index is 10.7. The number of aliphatic carboxylic acids is 1. The Balaban J connectivity index is 2.23. The number of carbonyl (C=O) groups excluding carboxylic acids is 2. The summed E-state index contributed by atoms with van der Waals surface area (Å²) in [5.41, 5.74) is 0. The molecule has 1 N–H and O–H groups in total. The number of nitrogens with one attached hydrogen (secondary N) is 1. The Labute approximate surface area is 63.9 Å². The lowest BCUT2D eigenvalue weighted by Crippen LogP contribution is -2.25. The van der Waals surface area contributed by atoms with E-state index >= 15 is 0 Å². The highest BCUT2D eigenvalue weighted by molar-refractivity contribution is 5.93. The minimum atomic E-state index is -1.35. The van der Waals surface area contributed by atoms with E-state index in [1.54, 1.807) is 0 Å². The number of carboxylic acids is 1. The Kier molecular flexibility index (Phi) is 2.25. The molecule has 0 heterocycles. The summed E-state index contributed by atoms with van der Waals surface area (Å²) in [5.74, 6) is -1.72. The quantitative estimate of drug-likeness (QED) is 0.507. The highest BCUT2D eigenvalue weighted by Gasteiger charge is 2.21. The first-order valence-electron chi connectivity index (χ1n) is 3.38. The normalized spacial score (nSPS) is 16.7. The first-order valence-corrected chi connectivity index (χ1v) is 3.38. The maximum absolute atomic E-state index is 10.7. The Morgan fingerprint density at radius 2 is 2.00 bits per heavy atom. The molecule has 1 fully saturated rings. The molecule has 0 aromatic heterocycles. The van der Waals surface area contributed by atoms with E-state index in [1.165, 1.54) is 0 Å². The van der Waals surface area contributed by atoms with Crippen LogP contribution in [0.5, 0.6) is 0 Å². The van der Waals surface area contributed by atoms with E-state index in [4.69, 9.17) is 0 Å². The molecule has 0 saturated heterocycles. The molecule has 1 amide bonds. The third kappa shape index (κ3) is 3.40. The minimum Gasteiger partial charge on any atom is -0.545 e. The molecule has 4 nitrogen and oxygen atoms in total. The Hall–Kier alpha value is -1.32. The molecule has 0 aromatic rings. The summed E-state index contributed by atoms with van der Waals surface area (Å²) < 4.78 is 0. The van der Waals surface area contributed by atoms with E-state index in [2.05, 4.69) is 5.32 Å². The second-order valence-electron chi connectivity index (χ2n) is 2.44. The van der Waals surface area contributed by atoms with Crippen molar-refractivity contribution in [3.8, 4) is 0 Å². The zero-order valence-corrected chi connectivity index (χ0v) is 5.87. The van der Waals surface area contributed by atoms with Crippen molar-refractivity contribution in [3.05, 3.63) is 12.2 Å². The lowest BCUT2D eigenvalue weighted by Gasteiger charge is -1.96. The zero-order valence-electron chi connectivity index (χ0n) is 5.87. The predicted octanol–water partition coefficient (Wildman–Crippen LogP) is -1.43. The topological polar surface area (TPSA) is 69.2 Å². The van der Waals surface area contributed by atoms with Crippen molar-refractivity contribution in [2.75, 3.05) is 0 Å². The SMILES string of the molecule is O=C([O-])/C=C/C(=O)NC1CC1. The molecule has 60 valence electrons. The van der Waals surface area contributed by atoms with Crippen LogP contribution in [0.4, 0.5) is 0 Å². The van der Waals surface area contributed by atoms with Crippen LogP contribution in [0.15, 0.2) is 12.2 Å². The fraction of sp³-hybridized carbons (Fsp3) is 0.429. The lowest BCUT2D eigenvalue weighted by atomic mass is 10.4. The van der Waals surface area contributed by atoms with E-state index in [1.807, 2.05) is 0 Å². The number of hydrogen-bond donors (Lipinski definition) is 1. The van der Waals surface area contributed by atoms with Crippen LogP contribution in [-0.2, 0) is 9.59 Å². The van der Waals surface area contributed by atoms with Gasteiger partial charge in [-0.05, 0) is 18.9 Å². The monoisotopic (exact) mass is 154 g/mol. The summed E-state index contributed by atoms with van der Waals surface area (Å²) in [6, 6.07) is 0.258. The predicted molar refractivity (Wildman–Crippen MR) is 35.3 cm³/mol. The third-order valence-corrected chi connectivity index (χ3v) is 1.29. The molecule has 1 aliphatic carbocycles. The molecule has 0 bridgehead atoms. The highest BCUT2D eigenvalue weighted by Crippen LogP contribution is 2.18. The molecule has 0 aliphatic heterocycles. The fourth-order valence-electron chi connectivity index (χ4n) is 0.621. The summed E-state index contributed by atoms with van der Waals surface area (Å²) in [7, 11) is 0. The average molecular weight is 154 g/mol. The smallest absolute Gasteiger partial charge is 0.244 e. The van der Waals surface area contributed by atoms with Gasteiger partial charge in [0, 0.05) is 12.1 Å². The van der Waals surface area contributed by atoms with Crippen LogP contribution < -0.4 is 10.4 Å². The summed E-state index contributed by atoms with van der Waals surface area (Å²) in [6.07, 6.45) is 3.67. The number of amides is 1. The van der Waals surface area contributed by atoms with E-state index in [0.29, 0.717) is 0 Å². The summed E-state index contributed by atoms with van der Waals surface area (Å²) >= 11 is 0. The van der Waals surface area contributed by atoms with Gasteiger partial charge >= 0.3 is 0 Å². The molecule has 0 atom stereocenters. The van der Waals surface area contributed by atoms with Crippen LogP contribution in [0.1, 0.15) is 12.8 Å². The lowest BCUT2D eigenvalue weighted by molar-refractivity contribution is -0.297. The van der Waals surface area contributed by atoms with Crippen LogP contribution in [0, 0.1) is 0 Å². The molecule has 11 heavy (non-hydrogen) atoms.